The molecule has 7 rings (SSSR count). The predicted molar refractivity (Wildman–Crippen MR) is 111 cm³/mol. The molecular formula is C25H34O8. The molecule has 2 unspecified atom stereocenters. The third-order valence-corrected chi connectivity index (χ3v) is 11.0. The van der Waals surface area contributed by atoms with Crippen molar-refractivity contribution in [3.05, 3.63) is 0 Å². The highest BCUT2D eigenvalue weighted by Crippen LogP contribution is 2.77. The van der Waals surface area contributed by atoms with Crippen LogP contribution >= 0.6 is 0 Å². The van der Waals surface area contributed by atoms with Crippen molar-refractivity contribution in [2.45, 2.75) is 102 Å². The second kappa shape index (κ2) is 5.61. The molecule has 0 aromatic carbocycles. The Morgan fingerprint density at radius 2 is 1.73 bits per heavy atom. The van der Waals surface area contributed by atoms with Crippen LogP contribution in [0.5, 0.6) is 0 Å². The SMILES string of the molecule is C[C@H]1CC[C@H]2C(C)(C)O[C@H]3CC(=O)OCC32[C@]12C[C@@]1(C)[C@@H](C)C3C(=O)O[C@]4(C)O[C@]1(O[C@@H]34)O2. The Kier molecular flexibility index (Phi) is 3.58. The fourth-order valence-corrected chi connectivity index (χ4v) is 9.30. The van der Waals surface area contributed by atoms with E-state index in [1.165, 1.54) is 0 Å². The molecule has 6 aliphatic heterocycles. The molecule has 0 radical (unpaired) electrons. The Hall–Kier alpha value is -1.22. The molecule has 33 heavy (non-hydrogen) atoms. The van der Waals surface area contributed by atoms with Gasteiger partial charge in [0.1, 0.15) is 12.7 Å². The molecule has 7 aliphatic rings. The largest absolute Gasteiger partial charge is 0.465 e. The number of ether oxygens (including phenoxy) is 6. The van der Waals surface area contributed by atoms with Crippen molar-refractivity contribution in [2.75, 3.05) is 6.61 Å². The van der Waals surface area contributed by atoms with Crippen LogP contribution < -0.4 is 0 Å². The minimum absolute atomic E-state index is 0.0589. The quantitative estimate of drug-likeness (QED) is 0.508. The maximum absolute atomic E-state index is 12.8. The van der Waals surface area contributed by atoms with Gasteiger partial charge in [-0.2, -0.15) is 0 Å². The fourth-order valence-electron chi connectivity index (χ4n) is 9.30. The van der Waals surface area contributed by atoms with Gasteiger partial charge < -0.3 is 23.7 Å². The molecule has 3 spiro atoms. The molecule has 1 saturated carbocycles. The minimum atomic E-state index is -1.31. The van der Waals surface area contributed by atoms with Crippen LogP contribution in [-0.2, 0) is 38.0 Å². The van der Waals surface area contributed by atoms with E-state index in [0.717, 1.165) is 12.8 Å². The summed E-state index contributed by atoms with van der Waals surface area (Å²) in [6, 6.07) is 0. The van der Waals surface area contributed by atoms with Crippen molar-refractivity contribution >= 4 is 11.9 Å². The van der Waals surface area contributed by atoms with Crippen LogP contribution in [0.3, 0.4) is 0 Å². The molecule has 8 heteroatoms. The van der Waals surface area contributed by atoms with Crippen molar-refractivity contribution in [3.63, 3.8) is 0 Å². The smallest absolute Gasteiger partial charge is 0.314 e. The van der Waals surface area contributed by atoms with E-state index in [1.807, 2.05) is 0 Å². The van der Waals surface area contributed by atoms with Gasteiger partial charge in [0.05, 0.1) is 40.5 Å². The van der Waals surface area contributed by atoms with Crippen LogP contribution in [-0.4, -0.2) is 53.7 Å². The normalized spacial score (nSPS) is 62.0. The topological polar surface area (TPSA) is 89.5 Å². The zero-order valence-corrected chi connectivity index (χ0v) is 20.3. The van der Waals surface area contributed by atoms with Crippen molar-refractivity contribution in [2.24, 2.45) is 34.5 Å². The first-order chi connectivity index (χ1) is 15.3. The number of cyclic esters (lactones) is 1. The van der Waals surface area contributed by atoms with Crippen LogP contribution in [0.4, 0.5) is 0 Å². The molecule has 8 nitrogen and oxygen atoms in total. The molecule has 0 amide bonds. The van der Waals surface area contributed by atoms with Crippen LogP contribution in [0.1, 0.15) is 67.2 Å². The van der Waals surface area contributed by atoms with Gasteiger partial charge in [-0.1, -0.05) is 20.8 Å². The number of hydrogen-bond donors (Lipinski definition) is 0. The van der Waals surface area contributed by atoms with Gasteiger partial charge in [0.25, 0.3) is 5.97 Å². The summed E-state index contributed by atoms with van der Waals surface area (Å²) in [5, 5.41) is 0. The predicted octanol–water partition coefficient (Wildman–Crippen LogP) is 2.92. The summed E-state index contributed by atoms with van der Waals surface area (Å²) in [7, 11) is 0. The van der Waals surface area contributed by atoms with Crippen molar-refractivity contribution < 1.29 is 38.0 Å². The highest BCUT2D eigenvalue weighted by molar-refractivity contribution is 5.77. The number of carbonyl (C=O) groups excluding carboxylic acids is 2. The van der Waals surface area contributed by atoms with Gasteiger partial charge in [-0.15, -0.1) is 0 Å². The first kappa shape index (κ1) is 21.1. The zero-order valence-electron chi connectivity index (χ0n) is 20.3. The van der Waals surface area contributed by atoms with Crippen molar-refractivity contribution in [1.82, 2.24) is 0 Å². The second-order valence-electron chi connectivity index (χ2n) is 12.7. The summed E-state index contributed by atoms with van der Waals surface area (Å²) in [6.07, 6.45) is 2.05. The molecule has 1 aliphatic carbocycles. The molecular weight excluding hydrogens is 428 g/mol. The number of rotatable bonds is 0. The van der Waals surface area contributed by atoms with Gasteiger partial charge in [-0.3, -0.25) is 14.3 Å². The first-order valence-corrected chi connectivity index (χ1v) is 12.5. The Morgan fingerprint density at radius 1 is 0.970 bits per heavy atom. The standard InChI is InChI=1S/C25H34O8/c1-12-7-8-14-20(3,4)29-15-9-16(26)28-11-23(14,15)24(12)10-21(5)13(2)17-18-22(6,31-19(17)27)32-25(21,30-18)33-24/h12-15,17-18H,7-11H2,1-6H3/t12-,13-,14-,15-,17?,18-,21-,22+,23?,24-,25-/m0/s1. The van der Waals surface area contributed by atoms with E-state index in [9.17, 15) is 9.59 Å². The minimum Gasteiger partial charge on any atom is -0.465 e. The average Bonchev–Trinajstić information content (AvgIpc) is 3.30. The Labute approximate surface area is 193 Å². The lowest BCUT2D eigenvalue weighted by Crippen LogP contribution is -2.67. The average molecular weight is 463 g/mol. The molecule has 0 aromatic rings. The van der Waals surface area contributed by atoms with Crippen LogP contribution in [0, 0.1) is 34.5 Å². The highest BCUT2D eigenvalue weighted by Gasteiger charge is 2.87. The van der Waals surface area contributed by atoms with Gasteiger partial charge in [0.2, 0.25) is 5.79 Å². The van der Waals surface area contributed by atoms with E-state index >= 15 is 0 Å². The van der Waals surface area contributed by atoms with E-state index < -0.39 is 45.8 Å². The molecule has 11 atom stereocenters. The lowest BCUT2D eigenvalue weighted by molar-refractivity contribution is -0.434. The number of carbonyl (C=O) groups is 2. The first-order valence-electron chi connectivity index (χ1n) is 12.5. The Balaban J connectivity index is 1.42. The maximum Gasteiger partial charge on any atom is 0.314 e. The number of hydrogen-bond acceptors (Lipinski definition) is 8. The molecule has 7 fully saturated rings. The molecule has 0 aromatic heterocycles. The Morgan fingerprint density at radius 3 is 2.48 bits per heavy atom. The highest BCUT2D eigenvalue weighted by atomic mass is 17.0. The summed E-state index contributed by atoms with van der Waals surface area (Å²) in [5.41, 5.74) is -2.17. The van der Waals surface area contributed by atoms with Crippen molar-refractivity contribution in [1.29, 1.82) is 0 Å². The van der Waals surface area contributed by atoms with E-state index in [4.69, 9.17) is 28.4 Å². The summed E-state index contributed by atoms with van der Waals surface area (Å²) in [6.45, 7) is 12.8. The summed E-state index contributed by atoms with van der Waals surface area (Å²) in [4.78, 5) is 25.2. The van der Waals surface area contributed by atoms with Gasteiger partial charge in [0, 0.05) is 12.8 Å². The van der Waals surface area contributed by atoms with E-state index in [2.05, 4.69) is 34.6 Å². The van der Waals surface area contributed by atoms with E-state index in [-0.39, 0.29) is 48.8 Å². The third-order valence-electron chi connectivity index (χ3n) is 11.0. The summed E-state index contributed by atoms with van der Waals surface area (Å²) in [5.74, 6) is -3.06. The number of esters is 2. The van der Waals surface area contributed by atoms with Gasteiger partial charge in [-0.05, 0) is 44.9 Å². The zero-order chi connectivity index (χ0) is 23.4. The fraction of sp³-hybridized carbons (Fsp3) is 0.920. The lowest BCUT2D eigenvalue weighted by Gasteiger charge is -2.58. The van der Waals surface area contributed by atoms with E-state index in [0.29, 0.717) is 6.42 Å². The van der Waals surface area contributed by atoms with E-state index in [1.54, 1.807) is 6.92 Å². The molecule has 182 valence electrons. The van der Waals surface area contributed by atoms with Crippen molar-refractivity contribution in [3.8, 4) is 0 Å². The van der Waals surface area contributed by atoms with Crippen LogP contribution in [0.15, 0.2) is 0 Å². The van der Waals surface area contributed by atoms with Crippen LogP contribution in [0.25, 0.3) is 0 Å². The molecule has 0 N–H and O–H groups in total. The molecule has 6 saturated heterocycles. The van der Waals surface area contributed by atoms with Gasteiger partial charge in [0.15, 0.2) is 0 Å². The maximum atomic E-state index is 12.8. The van der Waals surface area contributed by atoms with Crippen LogP contribution in [0.2, 0.25) is 0 Å². The molecule has 2 bridgehead atoms. The lowest BCUT2D eigenvalue weighted by atomic mass is 9.47. The Bertz CT molecular complexity index is 979. The summed E-state index contributed by atoms with van der Waals surface area (Å²) >= 11 is 0. The molecule has 6 heterocycles. The second-order valence-corrected chi connectivity index (χ2v) is 12.7. The monoisotopic (exact) mass is 462 g/mol. The van der Waals surface area contributed by atoms with Gasteiger partial charge >= 0.3 is 11.9 Å². The van der Waals surface area contributed by atoms with Gasteiger partial charge in [-0.25, -0.2) is 0 Å². The summed E-state index contributed by atoms with van der Waals surface area (Å²) < 4.78 is 38.5. The third kappa shape index (κ3) is 2.00.